The Balaban J connectivity index is 1.72. The minimum atomic E-state index is -3.88. The number of aromatic nitrogens is 3. The van der Waals surface area contributed by atoms with Crippen molar-refractivity contribution in [1.29, 1.82) is 0 Å². The molecule has 0 saturated heterocycles. The SMILES string of the molecule is Cc1cc(-c2ccc(Cl)cc2)nc2c(C(=O)Nc3cccc(S(N)(=O)=O)c3)cnn12. The van der Waals surface area contributed by atoms with Gasteiger partial charge in [-0.25, -0.2) is 23.1 Å². The fraction of sp³-hybridized carbons (Fsp3) is 0.0500. The lowest BCUT2D eigenvalue weighted by Crippen LogP contribution is -2.15. The number of halogens is 1. The number of fused-ring (bicyclic) bond motifs is 1. The van der Waals surface area contributed by atoms with E-state index in [2.05, 4.69) is 15.4 Å². The predicted molar refractivity (Wildman–Crippen MR) is 114 cm³/mol. The van der Waals surface area contributed by atoms with E-state index in [1.165, 1.54) is 24.4 Å². The number of sulfonamides is 1. The first-order valence-electron chi connectivity index (χ1n) is 8.78. The molecule has 4 aromatic rings. The topological polar surface area (TPSA) is 119 Å². The van der Waals surface area contributed by atoms with Crippen LogP contribution in [0.1, 0.15) is 16.1 Å². The molecule has 4 rings (SSSR count). The molecule has 2 aromatic carbocycles. The van der Waals surface area contributed by atoms with Crippen molar-refractivity contribution in [2.75, 3.05) is 5.32 Å². The molecule has 0 aliphatic heterocycles. The van der Waals surface area contributed by atoms with Crippen LogP contribution < -0.4 is 10.5 Å². The lowest BCUT2D eigenvalue weighted by Gasteiger charge is -2.08. The minimum absolute atomic E-state index is 0.0980. The number of carbonyl (C=O) groups excluding carboxylic acids is 1. The number of benzene rings is 2. The summed E-state index contributed by atoms with van der Waals surface area (Å²) in [6.45, 7) is 1.86. The Morgan fingerprint density at radius 1 is 1.13 bits per heavy atom. The molecule has 30 heavy (non-hydrogen) atoms. The molecule has 0 unspecified atom stereocenters. The quantitative estimate of drug-likeness (QED) is 0.503. The number of anilines is 1. The Morgan fingerprint density at radius 2 is 1.87 bits per heavy atom. The highest BCUT2D eigenvalue weighted by Gasteiger charge is 2.17. The van der Waals surface area contributed by atoms with Crippen LogP contribution in [0.5, 0.6) is 0 Å². The van der Waals surface area contributed by atoms with Crippen LogP contribution in [0.15, 0.2) is 65.7 Å². The summed E-state index contributed by atoms with van der Waals surface area (Å²) in [6, 6.07) is 14.8. The minimum Gasteiger partial charge on any atom is -0.322 e. The maximum absolute atomic E-state index is 12.9. The third kappa shape index (κ3) is 3.90. The van der Waals surface area contributed by atoms with E-state index in [4.69, 9.17) is 16.7 Å². The summed E-state index contributed by atoms with van der Waals surface area (Å²) < 4.78 is 24.6. The van der Waals surface area contributed by atoms with Crippen LogP contribution in [-0.4, -0.2) is 28.9 Å². The van der Waals surface area contributed by atoms with E-state index < -0.39 is 15.9 Å². The van der Waals surface area contributed by atoms with Gasteiger partial charge in [-0.05, 0) is 43.3 Å². The van der Waals surface area contributed by atoms with E-state index in [0.29, 0.717) is 16.4 Å². The van der Waals surface area contributed by atoms with Gasteiger partial charge in [-0.15, -0.1) is 0 Å². The van der Waals surface area contributed by atoms with Gasteiger partial charge in [0, 0.05) is 22.0 Å². The van der Waals surface area contributed by atoms with E-state index in [1.807, 2.05) is 25.1 Å². The number of rotatable bonds is 4. The summed E-state index contributed by atoms with van der Waals surface area (Å²) in [5.41, 5.74) is 3.22. The van der Waals surface area contributed by atoms with Crippen LogP contribution in [0.3, 0.4) is 0 Å². The molecule has 0 radical (unpaired) electrons. The van der Waals surface area contributed by atoms with E-state index in [9.17, 15) is 13.2 Å². The Kier molecular flexibility index (Phi) is 5.02. The molecular formula is C20H16ClN5O3S. The molecule has 8 nitrogen and oxygen atoms in total. The van der Waals surface area contributed by atoms with Crippen LogP contribution in [0.2, 0.25) is 5.02 Å². The molecule has 2 aromatic heterocycles. The van der Waals surface area contributed by atoms with Gasteiger partial charge in [-0.3, -0.25) is 4.79 Å². The van der Waals surface area contributed by atoms with Gasteiger partial charge in [0.05, 0.1) is 16.8 Å². The Bertz CT molecular complexity index is 1380. The first-order valence-corrected chi connectivity index (χ1v) is 10.7. The lowest BCUT2D eigenvalue weighted by atomic mass is 10.1. The largest absolute Gasteiger partial charge is 0.322 e. The molecule has 2 heterocycles. The van der Waals surface area contributed by atoms with Crippen molar-refractivity contribution < 1.29 is 13.2 Å². The van der Waals surface area contributed by atoms with Crippen molar-refractivity contribution in [3.63, 3.8) is 0 Å². The summed E-state index contributed by atoms with van der Waals surface area (Å²) in [4.78, 5) is 17.3. The maximum Gasteiger partial charge on any atom is 0.261 e. The fourth-order valence-electron chi connectivity index (χ4n) is 2.99. The van der Waals surface area contributed by atoms with Gasteiger partial charge >= 0.3 is 0 Å². The summed E-state index contributed by atoms with van der Waals surface area (Å²) in [5, 5.41) is 12.7. The van der Waals surface area contributed by atoms with E-state index in [-0.39, 0.29) is 16.1 Å². The second-order valence-electron chi connectivity index (χ2n) is 6.61. The van der Waals surface area contributed by atoms with Crippen molar-refractivity contribution in [2.24, 2.45) is 5.14 Å². The van der Waals surface area contributed by atoms with Crippen molar-refractivity contribution >= 4 is 38.9 Å². The number of amides is 1. The Hall–Kier alpha value is -3.27. The van der Waals surface area contributed by atoms with Crippen LogP contribution in [0, 0.1) is 6.92 Å². The summed E-state index contributed by atoms with van der Waals surface area (Å²) in [5.74, 6) is -0.475. The summed E-state index contributed by atoms with van der Waals surface area (Å²) in [7, 11) is -3.88. The fourth-order valence-corrected chi connectivity index (χ4v) is 3.68. The molecule has 3 N–H and O–H groups in total. The highest BCUT2D eigenvalue weighted by Crippen LogP contribution is 2.23. The third-order valence-electron chi connectivity index (χ3n) is 4.45. The van der Waals surface area contributed by atoms with Crippen molar-refractivity contribution in [2.45, 2.75) is 11.8 Å². The standard InChI is InChI=1S/C20H16ClN5O3S/c1-12-9-18(13-5-7-14(21)8-6-13)25-19-17(11-23-26(12)19)20(27)24-15-3-2-4-16(10-15)30(22,28)29/h2-11H,1H3,(H,24,27)(H2,22,28,29). The highest BCUT2D eigenvalue weighted by atomic mass is 35.5. The number of nitrogens with one attached hydrogen (secondary N) is 1. The number of aryl methyl sites for hydroxylation is 1. The lowest BCUT2D eigenvalue weighted by molar-refractivity contribution is 0.102. The number of nitrogens with two attached hydrogens (primary N) is 1. The highest BCUT2D eigenvalue weighted by molar-refractivity contribution is 7.89. The molecule has 0 fully saturated rings. The van der Waals surface area contributed by atoms with Crippen molar-refractivity contribution in [1.82, 2.24) is 14.6 Å². The number of hydrogen-bond donors (Lipinski definition) is 2. The molecular weight excluding hydrogens is 426 g/mol. The smallest absolute Gasteiger partial charge is 0.261 e. The van der Waals surface area contributed by atoms with E-state index >= 15 is 0 Å². The molecule has 0 bridgehead atoms. The van der Waals surface area contributed by atoms with Crippen LogP contribution in [0.4, 0.5) is 5.69 Å². The molecule has 0 aliphatic rings. The molecule has 152 valence electrons. The van der Waals surface area contributed by atoms with Gasteiger partial charge < -0.3 is 5.32 Å². The van der Waals surface area contributed by atoms with Crippen LogP contribution >= 0.6 is 11.6 Å². The van der Waals surface area contributed by atoms with E-state index in [1.54, 1.807) is 22.7 Å². The van der Waals surface area contributed by atoms with Crippen LogP contribution in [0.25, 0.3) is 16.9 Å². The summed E-state index contributed by atoms with van der Waals surface area (Å²) in [6.07, 6.45) is 1.42. The number of primary sulfonamides is 1. The van der Waals surface area contributed by atoms with Crippen molar-refractivity contribution in [3.8, 4) is 11.3 Å². The van der Waals surface area contributed by atoms with Gasteiger partial charge in [-0.1, -0.05) is 29.8 Å². The molecule has 0 aliphatic carbocycles. The van der Waals surface area contributed by atoms with E-state index in [0.717, 1.165) is 11.3 Å². The summed E-state index contributed by atoms with van der Waals surface area (Å²) >= 11 is 5.96. The van der Waals surface area contributed by atoms with Gasteiger partial charge in [0.1, 0.15) is 5.56 Å². The monoisotopic (exact) mass is 441 g/mol. The van der Waals surface area contributed by atoms with Gasteiger partial charge in [0.25, 0.3) is 5.91 Å². The van der Waals surface area contributed by atoms with Gasteiger partial charge in [-0.2, -0.15) is 5.10 Å². The van der Waals surface area contributed by atoms with Crippen molar-refractivity contribution in [3.05, 3.63) is 77.1 Å². The predicted octanol–water partition coefficient (Wildman–Crippen LogP) is 3.26. The molecule has 10 heteroatoms. The molecule has 0 spiro atoms. The average molecular weight is 442 g/mol. The first kappa shape index (κ1) is 20.0. The second-order valence-corrected chi connectivity index (χ2v) is 8.61. The molecule has 0 saturated carbocycles. The molecule has 0 atom stereocenters. The molecule has 1 amide bonds. The second kappa shape index (κ2) is 7.52. The zero-order valence-corrected chi connectivity index (χ0v) is 17.3. The zero-order chi connectivity index (χ0) is 21.5. The Morgan fingerprint density at radius 3 is 2.57 bits per heavy atom. The van der Waals surface area contributed by atoms with Crippen LogP contribution in [-0.2, 0) is 10.0 Å². The first-order chi connectivity index (χ1) is 14.2. The number of hydrogen-bond acceptors (Lipinski definition) is 5. The normalized spacial score (nSPS) is 11.6. The Labute approximate surface area is 177 Å². The van der Waals surface area contributed by atoms with Gasteiger partial charge in [0.2, 0.25) is 10.0 Å². The van der Waals surface area contributed by atoms with Gasteiger partial charge in [0.15, 0.2) is 5.65 Å². The average Bonchev–Trinajstić information content (AvgIpc) is 3.13. The number of carbonyl (C=O) groups is 1. The third-order valence-corrected chi connectivity index (χ3v) is 5.62. The zero-order valence-electron chi connectivity index (χ0n) is 15.7. The maximum atomic E-state index is 12.9. The number of nitrogens with zero attached hydrogens (tertiary/aromatic N) is 3.